The Bertz CT molecular complexity index is 466. The van der Waals surface area contributed by atoms with Crippen molar-refractivity contribution >= 4 is 38.6 Å². The van der Waals surface area contributed by atoms with Gasteiger partial charge in [-0.1, -0.05) is 0 Å². The fourth-order valence-corrected chi connectivity index (χ4v) is 3.29. The largest absolute Gasteiger partial charge is 0.302 e. The third-order valence-electron chi connectivity index (χ3n) is 2.09. The Hall–Kier alpha value is -0.300. The van der Waals surface area contributed by atoms with E-state index in [0.717, 1.165) is 20.3 Å². The molecule has 0 aliphatic heterocycles. The lowest BCUT2D eigenvalue weighted by Crippen LogP contribution is -2.17. The van der Waals surface area contributed by atoms with Crippen LogP contribution in [0.1, 0.15) is 27.9 Å². The second-order valence-corrected chi connectivity index (χ2v) is 7.23. The molecule has 86 valence electrons. The number of nitrogens with one attached hydrogen (secondary N) is 1. The highest BCUT2D eigenvalue weighted by atomic mass is 79.9. The van der Waals surface area contributed by atoms with Crippen LogP contribution in [0.3, 0.4) is 0 Å². The van der Waals surface area contributed by atoms with E-state index < -0.39 is 0 Å². The molecule has 2 rings (SSSR count). The molecule has 0 radical (unpaired) electrons. The molecular formula is C10H12BrN3S2. The van der Waals surface area contributed by atoms with Crippen molar-refractivity contribution in [3.8, 4) is 0 Å². The Morgan fingerprint density at radius 3 is 2.75 bits per heavy atom. The molecule has 3 nitrogen and oxygen atoms in total. The number of rotatable bonds is 4. The lowest BCUT2D eigenvalue weighted by Gasteiger charge is -2.08. The molecule has 0 fully saturated rings. The number of nitrogens with zero attached hydrogens (tertiary/aromatic N) is 2. The highest BCUT2D eigenvalue weighted by Crippen LogP contribution is 2.24. The molecule has 6 heteroatoms. The lowest BCUT2D eigenvalue weighted by atomic mass is 10.3. The van der Waals surface area contributed by atoms with E-state index in [1.165, 1.54) is 4.88 Å². The third kappa shape index (κ3) is 3.10. The van der Waals surface area contributed by atoms with E-state index in [1.807, 2.05) is 12.4 Å². The molecule has 1 unspecified atom stereocenters. The predicted octanol–water partition coefficient (Wildman–Crippen LogP) is 3.52. The second-order valence-electron chi connectivity index (χ2n) is 3.47. The van der Waals surface area contributed by atoms with Gasteiger partial charge in [0.25, 0.3) is 0 Å². The van der Waals surface area contributed by atoms with E-state index in [0.29, 0.717) is 0 Å². The van der Waals surface area contributed by atoms with Crippen LogP contribution in [0.15, 0.2) is 16.2 Å². The summed E-state index contributed by atoms with van der Waals surface area (Å²) < 4.78 is 1.07. The smallest absolute Gasteiger partial charge is 0.110 e. The van der Waals surface area contributed by atoms with Crippen molar-refractivity contribution in [2.75, 3.05) is 0 Å². The molecule has 0 aliphatic rings. The van der Waals surface area contributed by atoms with Gasteiger partial charge in [0.1, 0.15) is 10.0 Å². The van der Waals surface area contributed by atoms with E-state index in [4.69, 9.17) is 0 Å². The Balaban J connectivity index is 1.91. The maximum atomic E-state index is 4.33. The summed E-state index contributed by atoms with van der Waals surface area (Å²) in [6, 6.07) is 0.264. The van der Waals surface area contributed by atoms with Crippen molar-refractivity contribution in [1.29, 1.82) is 0 Å². The van der Waals surface area contributed by atoms with Crippen molar-refractivity contribution in [1.82, 2.24) is 15.3 Å². The van der Waals surface area contributed by atoms with Gasteiger partial charge >= 0.3 is 0 Å². The normalized spacial score (nSPS) is 12.9. The standard InChI is InChI=1S/C10H12BrN3S2/c1-6-3-13-9(15-6)5-12-7(2)10-14-4-8(11)16-10/h3-4,7,12H,5H2,1-2H3. The molecule has 0 spiro atoms. The first kappa shape index (κ1) is 12.2. The first-order valence-electron chi connectivity index (χ1n) is 4.91. The summed E-state index contributed by atoms with van der Waals surface area (Å²) in [5.41, 5.74) is 0. The molecule has 0 amide bonds. The molecule has 2 heterocycles. The fourth-order valence-electron chi connectivity index (χ4n) is 1.28. The molecular weight excluding hydrogens is 306 g/mol. The molecule has 0 bridgehead atoms. The maximum absolute atomic E-state index is 4.33. The highest BCUT2D eigenvalue weighted by molar-refractivity contribution is 9.11. The SMILES string of the molecule is Cc1cnc(CNC(C)c2ncc(Br)s2)s1. The summed E-state index contributed by atoms with van der Waals surface area (Å²) >= 11 is 6.81. The summed E-state index contributed by atoms with van der Waals surface area (Å²) in [6.45, 7) is 4.99. The van der Waals surface area contributed by atoms with E-state index in [1.54, 1.807) is 22.7 Å². The van der Waals surface area contributed by atoms with Crippen LogP contribution in [0.2, 0.25) is 0 Å². The minimum Gasteiger partial charge on any atom is -0.302 e. The van der Waals surface area contributed by atoms with Crippen molar-refractivity contribution < 1.29 is 0 Å². The summed E-state index contributed by atoms with van der Waals surface area (Å²) in [4.78, 5) is 9.89. The van der Waals surface area contributed by atoms with Crippen LogP contribution in [0, 0.1) is 6.92 Å². The number of hydrogen-bond acceptors (Lipinski definition) is 5. The predicted molar refractivity (Wildman–Crippen MR) is 71.9 cm³/mol. The summed E-state index contributed by atoms with van der Waals surface area (Å²) in [7, 11) is 0. The first-order valence-corrected chi connectivity index (χ1v) is 7.33. The van der Waals surface area contributed by atoms with Crippen LogP contribution in [0.4, 0.5) is 0 Å². The monoisotopic (exact) mass is 317 g/mol. The Morgan fingerprint density at radius 2 is 2.19 bits per heavy atom. The summed E-state index contributed by atoms with van der Waals surface area (Å²) in [6.07, 6.45) is 3.75. The molecule has 0 aromatic carbocycles. The highest BCUT2D eigenvalue weighted by Gasteiger charge is 2.09. The zero-order valence-corrected chi connectivity index (χ0v) is 12.2. The van der Waals surface area contributed by atoms with Crippen LogP contribution in [0.5, 0.6) is 0 Å². The maximum Gasteiger partial charge on any atom is 0.110 e. The lowest BCUT2D eigenvalue weighted by molar-refractivity contribution is 0.570. The molecule has 1 N–H and O–H groups in total. The quantitative estimate of drug-likeness (QED) is 0.937. The summed E-state index contributed by atoms with van der Waals surface area (Å²) in [5, 5.41) is 5.64. The van der Waals surface area contributed by atoms with Gasteiger partial charge in [0, 0.05) is 17.6 Å². The van der Waals surface area contributed by atoms with Crippen LogP contribution >= 0.6 is 38.6 Å². The van der Waals surface area contributed by atoms with Crippen LogP contribution in [0.25, 0.3) is 0 Å². The van der Waals surface area contributed by atoms with Gasteiger partial charge in [-0.05, 0) is 29.8 Å². The van der Waals surface area contributed by atoms with Crippen molar-refractivity contribution in [3.63, 3.8) is 0 Å². The van der Waals surface area contributed by atoms with E-state index in [2.05, 4.69) is 45.1 Å². The van der Waals surface area contributed by atoms with Crippen molar-refractivity contribution in [3.05, 3.63) is 31.1 Å². The van der Waals surface area contributed by atoms with Gasteiger partial charge in [-0.25, -0.2) is 9.97 Å². The molecule has 2 aromatic heterocycles. The zero-order chi connectivity index (χ0) is 11.5. The van der Waals surface area contributed by atoms with Gasteiger partial charge in [-0.15, -0.1) is 22.7 Å². The average Bonchev–Trinajstić information content (AvgIpc) is 2.84. The number of aromatic nitrogens is 2. The Morgan fingerprint density at radius 1 is 1.38 bits per heavy atom. The van der Waals surface area contributed by atoms with Gasteiger partial charge < -0.3 is 5.32 Å². The molecule has 0 saturated heterocycles. The molecule has 0 aliphatic carbocycles. The number of aryl methyl sites for hydroxylation is 1. The van der Waals surface area contributed by atoms with Gasteiger partial charge in [-0.2, -0.15) is 0 Å². The average molecular weight is 318 g/mol. The van der Waals surface area contributed by atoms with Gasteiger partial charge in [-0.3, -0.25) is 0 Å². The summed E-state index contributed by atoms with van der Waals surface area (Å²) in [5.74, 6) is 0. The minimum atomic E-state index is 0.264. The topological polar surface area (TPSA) is 37.8 Å². The van der Waals surface area contributed by atoms with E-state index in [-0.39, 0.29) is 6.04 Å². The van der Waals surface area contributed by atoms with Crippen molar-refractivity contribution in [2.24, 2.45) is 0 Å². The van der Waals surface area contributed by atoms with Gasteiger partial charge in [0.05, 0.1) is 16.0 Å². The molecule has 0 saturated carbocycles. The third-order valence-corrected chi connectivity index (χ3v) is 4.67. The first-order chi connectivity index (χ1) is 7.65. The minimum absolute atomic E-state index is 0.264. The fraction of sp³-hybridized carbons (Fsp3) is 0.400. The second kappa shape index (κ2) is 5.35. The number of thiazole rings is 2. The zero-order valence-electron chi connectivity index (χ0n) is 9.03. The number of halogens is 1. The molecule has 16 heavy (non-hydrogen) atoms. The van der Waals surface area contributed by atoms with Gasteiger partial charge in [0.2, 0.25) is 0 Å². The van der Waals surface area contributed by atoms with Crippen LogP contribution in [-0.4, -0.2) is 9.97 Å². The van der Waals surface area contributed by atoms with E-state index in [9.17, 15) is 0 Å². The Labute approximate surface area is 111 Å². The van der Waals surface area contributed by atoms with Gasteiger partial charge in [0.15, 0.2) is 0 Å². The van der Waals surface area contributed by atoms with E-state index >= 15 is 0 Å². The number of hydrogen-bond donors (Lipinski definition) is 1. The van der Waals surface area contributed by atoms with Crippen LogP contribution < -0.4 is 5.32 Å². The Kier molecular flexibility index (Phi) is 4.07. The van der Waals surface area contributed by atoms with Crippen LogP contribution in [-0.2, 0) is 6.54 Å². The molecule has 2 aromatic rings. The van der Waals surface area contributed by atoms with Crippen molar-refractivity contribution in [2.45, 2.75) is 26.4 Å². The molecule has 1 atom stereocenters.